The van der Waals surface area contributed by atoms with E-state index in [0.29, 0.717) is 26.1 Å². The molecule has 2 amide bonds. The van der Waals surface area contributed by atoms with Gasteiger partial charge in [0, 0.05) is 25.4 Å². The van der Waals surface area contributed by atoms with E-state index in [9.17, 15) is 9.59 Å². The molecule has 186 valence electrons. The van der Waals surface area contributed by atoms with E-state index in [4.69, 9.17) is 14.2 Å². The smallest absolute Gasteiger partial charge is 0.411 e. The normalized spacial score (nSPS) is 16.7. The lowest BCUT2D eigenvalue weighted by molar-refractivity contribution is -0.0882. The first kappa shape index (κ1) is 23.9. The molecule has 1 fully saturated rings. The summed E-state index contributed by atoms with van der Waals surface area (Å²) in [6, 6.07) is 26.0. The highest BCUT2D eigenvalue weighted by Crippen LogP contribution is 2.44. The van der Waals surface area contributed by atoms with Gasteiger partial charge in [0.25, 0.3) is 0 Å². The molecule has 0 bridgehead atoms. The van der Waals surface area contributed by atoms with Gasteiger partial charge in [-0.25, -0.2) is 9.59 Å². The number of fused-ring (bicyclic) bond motifs is 3. The van der Waals surface area contributed by atoms with E-state index in [1.807, 2.05) is 54.6 Å². The summed E-state index contributed by atoms with van der Waals surface area (Å²) in [7, 11) is 0. The number of benzene rings is 3. The van der Waals surface area contributed by atoms with Gasteiger partial charge in [0.1, 0.15) is 19.4 Å². The summed E-state index contributed by atoms with van der Waals surface area (Å²) >= 11 is 0. The molecule has 2 aliphatic rings. The van der Waals surface area contributed by atoms with Crippen LogP contribution in [0.25, 0.3) is 11.1 Å². The summed E-state index contributed by atoms with van der Waals surface area (Å²) in [5.41, 5.74) is 5.66. The molecule has 1 heterocycles. The van der Waals surface area contributed by atoms with Crippen LogP contribution in [0.1, 0.15) is 35.4 Å². The SMILES string of the molecule is O=C(NCCC1OCCCN1C(=O)OCC1c2ccccc2-c2ccccc21)OCc1ccccc1. The van der Waals surface area contributed by atoms with Gasteiger partial charge in [-0.3, -0.25) is 4.90 Å². The Balaban J connectivity index is 1.13. The highest BCUT2D eigenvalue weighted by molar-refractivity contribution is 5.79. The van der Waals surface area contributed by atoms with Gasteiger partial charge in [0.2, 0.25) is 0 Å². The summed E-state index contributed by atoms with van der Waals surface area (Å²) in [5.74, 6) is 0.00607. The Morgan fingerprint density at radius 2 is 1.56 bits per heavy atom. The molecule has 5 rings (SSSR count). The lowest BCUT2D eigenvalue weighted by Gasteiger charge is -2.35. The largest absolute Gasteiger partial charge is 0.448 e. The van der Waals surface area contributed by atoms with Crippen molar-refractivity contribution in [1.82, 2.24) is 10.2 Å². The Hall–Kier alpha value is -3.84. The molecule has 0 spiro atoms. The minimum atomic E-state index is -0.498. The number of ether oxygens (including phenoxy) is 3. The molecule has 7 heteroatoms. The van der Waals surface area contributed by atoms with Crippen LogP contribution in [0.4, 0.5) is 9.59 Å². The van der Waals surface area contributed by atoms with E-state index >= 15 is 0 Å². The van der Waals surface area contributed by atoms with Gasteiger partial charge in [-0.05, 0) is 34.2 Å². The van der Waals surface area contributed by atoms with Crippen LogP contribution in [0.5, 0.6) is 0 Å². The van der Waals surface area contributed by atoms with E-state index in [1.165, 1.54) is 22.3 Å². The van der Waals surface area contributed by atoms with Crippen LogP contribution in [0, 0.1) is 0 Å². The van der Waals surface area contributed by atoms with Gasteiger partial charge in [-0.15, -0.1) is 0 Å². The van der Waals surface area contributed by atoms with Crippen molar-refractivity contribution in [3.8, 4) is 11.1 Å². The first-order valence-corrected chi connectivity index (χ1v) is 12.4. The quantitative estimate of drug-likeness (QED) is 0.490. The maximum absolute atomic E-state index is 13.1. The second-order valence-corrected chi connectivity index (χ2v) is 8.95. The van der Waals surface area contributed by atoms with Crippen LogP contribution >= 0.6 is 0 Å². The predicted molar refractivity (Wildman–Crippen MR) is 135 cm³/mol. The second kappa shape index (κ2) is 11.3. The lowest BCUT2D eigenvalue weighted by Crippen LogP contribution is -2.48. The van der Waals surface area contributed by atoms with Crippen molar-refractivity contribution in [3.63, 3.8) is 0 Å². The number of nitrogens with zero attached hydrogens (tertiary/aromatic N) is 1. The van der Waals surface area contributed by atoms with E-state index < -0.39 is 18.4 Å². The van der Waals surface area contributed by atoms with Gasteiger partial charge in [0.15, 0.2) is 0 Å². The minimum Gasteiger partial charge on any atom is -0.448 e. The minimum absolute atomic E-state index is 0.00607. The first-order chi connectivity index (χ1) is 17.7. The Bertz CT molecular complexity index is 1150. The molecule has 3 aromatic rings. The molecule has 1 aliphatic heterocycles. The molecule has 1 aliphatic carbocycles. The number of carbonyl (C=O) groups is 2. The van der Waals surface area contributed by atoms with Gasteiger partial charge in [0.05, 0.1) is 6.61 Å². The van der Waals surface area contributed by atoms with Crippen molar-refractivity contribution in [2.24, 2.45) is 0 Å². The molecule has 36 heavy (non-hydrogen) atoms. The summed E-state index contributed by atoms with van der Waals surface area (Å²) in [6.45, 7) is 1.92. The fourth-order valence-electron chi connectivity index (χ4n) is 4.89. The first-order valence-electron chi connectivity index (χ1n) is 12.4. The summed E-state index contributed by atoms with van der Waals surface area (Å²) < 4.78 is 16.9. The maximum atomic E-state index is 13.1. The number of carbonyl (C=O) groups excluding carboxylic acids is 2. The van der Waals surface area contributed by atoms with Crippen molar-refractivity contribution >= 4 is 12.2 Å². The fourth-order valence-corrected chi connectivity index (χ4v) is 4.89. The lowest BCUT2D eigenvalue weighted by atomic mass is 9.98. The number of hydrogen-bond donors (Lipinski definition) is 1. The molecule has 0 radical (unpaired) electrons. The Morgan fingerprint density at radius 3 is 2.28 bits per heavy atom. The second-order valence-electron chi connectivity index (χ2n) is 8.95. The van der Waals surface area contributed by atoms with Crippen LogP contribution in [0.15, 0.2) is 78.9 Å². The van der Waals surface area contributed by atoms with Crippen molar-refractivity contribution in [3.05, 3.63) is 95.6 Å². The summed E-state index contributed by atoms with van der Waals surface area (Å²) in [4.78, 5) is 26.7. The molecular weight excluding hydrogens is 456 g/mol. The third-order valence-electron chi connectivity index (χ3n) is 6.65. The van der Waals surface area contributed by atoms with Crippen LogP contribution in [0.3, 0.4) is 0 Å². The van der Waals surface area contributed by atoms with Crippen LogP contribution in [-0.4, -0.2) is 49.6 Å². The molecule has 0 aromatic heterocycles. The molecule has 1 unspecified atom stereocenters. The Kier molecular flexibility index (Phi) is 7.47. The van der Waals surface area contributed by atoms with E-state index in [-0.39, 0.29) is 19.1 Å². The van der Waals surface area contributed by atoms with Gasteiger partial charge in [-0.2, -0.15) is 0 Å². The van der Waals surface area contributed by atoms with Crippen molar-refractivity contribution in [2.45, 2.75) is 31.6 Å². The van der Waals surface area contributed by atoms with Crippen molar-refractivity contribution < 1.29 is 23.8 Å². The van der Waals surface area contributed by atoms with Gasteiger partial charge >= 0.3 is 12.2 Å². The number of alkyl carbamates (subject to hydrolysis) is 1. The summed E-state index contributed by atoms with van der Waals surface area (Å²) in [6.07, 6.45) is -0.155. The average molecular weight is 487 g/mol. The highest BCUT2D eigenvalue weighted by atomic mass is 16.6. The molecule has 1 atom stereocenters. The standard InChI is InChI=1S/C29H30N2O5/c32-28(35-19-21-9-2-1-3-10-21)30-16-15-27-31(17-8-18-34-27)29(33)36-20-26-24-13-6-4-11-22(24)23-12-5-7-14-25(23)26/h1-7,9-14,26-27H,8,15-20H2,(H,30,32). The fraction of sp³-hybridized carbons (Fsp3) is 0.310. The van der Waals surface area contributed by atoms with Crippen LogP contribution in [-0.2, 0) is 20.8 Å². The van der Waals surface area contributed by atoms with Crippen LogP contribution < -0.4 is 5.32 Å². The van der Waals surface area contributed by atoms with Gasteiger partial charge < -0.3 is 19.5 Å². The monoisotopic (exact) mass is 486 g/mol. The van der Waals surface area contributed by atoms with Crippen molar-refractivity contribution in [1.29, 1.82) is 0 Å². The number of hydrogen-bond acceptors (Lipinski definition) is 5. The zero-order valence-electron chi connectivity index (χ0n) is 20.1. The molecule has 3 aromatic carbocycles. The number of nitrogens with one attached hydrogen (secondary N) is 1. The number of amides is 2. The van der Waals surface area contributed by atoms with E-state index in [1.54, 1.807) is 4.90 Å². The Labute approximate surface area is 211 Å². The molecule has 1 N–H and O–H groups in total. The molecule has 0 saturated carbocycles. The highest BCUT2D eigenvalue weighted by Gasteiger charge is 2.32. The van der Waals surface area contributed by atoms with Crippen molar-refractivity contribution in [2.75, 3.05) is 26.3 Å². The molecular formula is C29H30N2O5. The third kappa shape index (κ3) is 5.36. The predicted octanol–water partition coefficient (Wildman–Crippen LogP) is 5.30. The van der Waals surface area contributed by atoms with Crippen LogP contribution in [0.2, 0.25) is 0 Å². The topological polar surface area (TPSA) is 77.1 Å². The van der Waals surface area contributed by atoms with Gasteiger partial charge in [-0.1, -0.05) is 78.9 Å². The third-order valence-corrected chi connectivity index (χ3v) is 6.65. The van der Waals surface area contributed by atoms with E-state index in [2.05, 4.69) is 29.6 Å². The zero-order valence-corrected chi connectivity index (χ0v) is 20.1. The Morgan fingerprint density at radius 1 is 0.889 bits per heavy atom. The molecule has 1 saturated heterocycles. The zero-order chi connectivity index (χ0) is 24.7. The maximum Gasteiger partial charge on any atom is 0.411 e. The molecule has 7 nitrogen and oxygen atoms in total. The average Bonchev–Trinajstić information content (AvgIpc) is 3.25. The van der Waals surface area contributed by atoms with E-state index in [0.717, 1.165) is 12.0 Å². The summed E-state index contributed by atoms with van der Waals surface area (Å²) in [5, 5.41) is 2.74. The number of rotatable bonds is 7.